The largest absolute Gasteiger partial charge is 0.385 e. The molecule has 1 aliphatic rings. The van der Waals surface area contributed by atoms with E-state index in [0.29, 0.717) is 0 Å². The van der Waals surface area contributed by atoms with E-state index < -0.39 is 0 Å². The minimum Gasteiger partial charge on any atom is -0.385 e. The number of oxime groups is 1. The number of halogens is 1. The maximum atomic E-state index is 5.13. The molecule has 1 aromatic heterocycles. The first-order chi connectivity index (χ1) is 5.86. The van der Waals surface area contributed by atoms with Crippen LogP contribution in [-0.2, 0) is 4.84 Å². The molecule has 1 unspecified atom stereocenters. The molecular weight excluding hydrogens is 220 g/mol. The lowest BCUT2D eigenvalue weighted by atomic mass is 10.2. The molecule has 0 bridgehead atoms. The van der Waals surface area contributed by atoms with Crippen LogP contribution in [-0.4, -0.2) is 9.60 Å². The third-order valence-electron chi connectivity index (χ3n) is 1.65. The first-order valence-electron chi connectivity index (χ1n) is 3.65. The van der Waals surface area contributed by atoms with Crippen molar-refractivity contribution in [3.05, 3.63) is 30.1 Å². The lowest BCUT2D eigenvalue weighted by Crippen LogP contribution is -1.98. The zero-order chi connectivity index (χ0) is 8.39. The molecule has 62 valence electrons. The Labute approximate surface area is 78.6 Å². The third-order valence-corrected chi connectivity index (χ3v) is 2.12. The predicted molar refractivity (Wildman–Crippen MR) is 49.0 cm³/mol. The summed E-state index contributed by atoms with van der Waals surface area (Å²) in [5, 5.41) is 3.79. The molecule has 0 spiro atoms. The van der Waals surface area contributed by atoms with Crippen LogP contribution < -0.4 is 0 Å². The molecule has 0 saturated carbocycles. The van der Waals surface area contributed by atoms with Crippen molar-refractivity contribution in [3.8, 4) is 0 Å². The van der Waals surface area contributed by atoms with E-state index in [0.717, 1.165) is 16.7 Å². The maximum Gasteiger partial charge on any atom is 0.175 e. The Morgan fingerprint density at radius 2 is 2.42 bits per heavy atom. The average Bonchev–Trinajstić information content (AvgIpc) is 2.54. The van der Waals surface area contributed by atoms with Gasteiger partial charge in [-0.1, -0.05) is 11.2 Å². The van der Waals surface area contributed by atoms with Gasteiger partial charge in [0.15, 0.2) is 6.10 Å². The Kier molecular flexibility index (Phi) is 2.08. The van der Waals surface area contributed by atoms with Crippen molar-refractivity contribution >= 4 is 20.6 Å². The van der Waals surface area contributed by atoms with Crippen molar-refractivity contribution in [3.63, 3.8) is 0 Å². The molecule has 0 aliphatic carbocycles. The molecule has 0 saturated heterocycles. The van der Waals surface area contributed by atoms with Gasteiger partial charge in [-0.3, -0.25) is 4.98 Å². The van der Waals surface area contributed by atoms with Crippen LogP contribution in [0.25, 0.3) is 0 Å². The third kappa shape index (κ3) is 1.48. The highest BCUT2D eigenvalue weighted by atomic mass is 79.9. The summed E-state index contributed by atoms with van der Waals surface area (Å²) in [6.45, 7) is 0. The molecule has 1 aromatic rings. The Balaban J connectivity index is 2.14. The van der Waals surface area contributed by atoms with E-state index in [9.17, 15) is 0 Å². The minimum atomic E-state index is -0.0134. The summed E-state index contributed by atoms with van der Waals surface area (Å²) in [6, 6.07) is 5.76. The molecular formula is C8H7BrN2O. The summed E-state index contributed by atoms with van der Waals surface area (Å²) < 4.78 is 0.846. The van der Waals surface area contributed by atoms with Gasteiger partial charge in [0.05, 0.1) is 5.69 Å². The van der Waals surface area contributed by atoms with Crippen LogP contribution in [0.5, 0.6) is 0 Å². The Morgan fingerprint density at radius 3 is 3.00 bits per heavy atom. The molecule has 4 heteroatoms. The Hall–Kier alpha value is -0.900. The lowest BCUT2D eigenvalue weighted by molar-refractivity contribution is 0.0826. The van der Waals surface area contributed by atoms with Gasteiger partial charge in [0.25, 0.3) is 0 Å². The van der Waals surface area contributed by atoms with E-state index in [-0.39, 0.29) is 6.10 Å². The quantitative estimate of drug-likeness (QED) is 0.737. The standard InChI is InChI=1S/C8H7BrN2O/c9-8-5-7(12-11-8)6-3-1-2-4-10-6/h1-4,7H,5H2. The van der Waals surface area contributed by atoms with E-state index >= 15 is 0 Å². The maximum absolute atomic E-state index is 5.13. The molecule has 0 N–H and O–H groups in total. The van der Waals surface area contributed by atoms with Crippen molar-refractivity contribution in [2.45, 2.75) is 12.5 Å². The lowest BCUT2D eigenvalue weighted by Gasteiger charge is -2.05. The van der Waals surface area contributed by atoms with Crippen LogP contribution in [0, 0.1) is 0 Å². The number of hydrogen-bond acceptors (Lipinski definition) is 3. The van der Waals surface area contributed by atoms with Crippen molar-refractivity contribution in [2.24, 2.45) is 5.16 Å². The van der Waals surface area contributed by atoms with E-state index in [4.69, 9.17) is 4.84 Å². The van der Waals surface area contributed by atoms with Crippen LogP contribution in [0.4, 0.5) is 0 Å². The summed E-state index contributed by atoms with van der Waals surface area (Å²) in [5.41, 5.74) is 0.927. The zero-order valence-electron chi connectivity index (χ0n) is 6.27. The summed E-state index contributed by atoms with van der Waals surface area (Å²) in [6.07, 6.45) is 2.52. The van der Waals surface area contributed by atoms with Gasteiger partial charge in [-0.2, -0.15) is 0 Å². The second-order valence-electron chi connectivity index (χ2n) is 2.52. The summed E-state index contributed by atoms with van der Waals surface area (Å²) in [4.78, 5) is 9.31. The van der Waals surface area contributed by atoms with Crippen molar-refractivity contribution in [1.29, 1.82) is 0 Å². The van der Waals surface area contributed by atoms with Crippen LogP contribution in [0.15, 0.2) is 29.6 Å². The SMILES string of the molecule is BrC1=NOC(c2ccccn2)C1. The van der Waals surface area contributed by atoms with Gasteiger partial charge >= 0.3 is 0 Å². The van der Waals surface area contributed by atoms with Gasteiger partial charge in [0, 0.05) is 12.6 Å². The number of pyridine rings is 1. The smallest absolute Gasteiger partial charge is 0.175 e. The fourth-order valence-electron chi connectivity index (χ4n) is 1.07. The number of hydrogen-bond donors (Lipinski definition) is 0. The molecule has 0 fully saturated rings. The molecule has 12 heavy (non-hydrogen) atoms. The average molecular weight is 227 g/mol. The van der Waals surface area contributed by atoms with E-state index in [2.05, 4.69) is 26.1 Å². The molecule has 0 amide bonds. The van der Waals surface area contributed by atoms with Gasteiger partial charge in [-0.25, -0.2) is 0 Å². The highest BCUT2D eigenvalue weighted by molar-refractivity contribution is 9.18. The fourth-order valence-corrected chi connectivity index (χ4v) is 1.45. The number of rotatable bonds is 1. The molecule has 3 nitrogen and oxygen atoms in total. The van der Waals surface area contributed by atoms with Crippen LogP contribution in [0.3, 0.4) is 0 Å². The van der Waals surface area contributed by atoms with Crippen LogP contribution in [0.2, 0.25) is 0 Å². The second kappa shape index (κ2) is 3.23. The second-order valence-corrected chi connectivity index (χ2v) is 3.44. The predicted octanol–water partition coefficient (Wildman–Crippen LogP) is 2.25. The molecule has 2 heterocycles. The Morgan fingerprint density at radius 1 is 1.50 bits per heavy atom. The number of nitrogens with zero attached hydrogens (tertiary/aromatic N) is 2. The van der Waals surface area contributed by atoms with Crippen molar-refractivity contribution in [2.75, 3.05) is 0 Å². The van der Waals surface area contributed by atoms with E-state index in [1.165, 1.54) is 0 Å². The van der Waals surface area contributed by atoms with Gasteiger partial charge in [0.1, 0.15) is 4.62 Å². The molecule has 0 radical (unpaired) electrons. The van der Waals surface area contributed by atoms with Gasteiger partial charge < -0.3 is 4.84 Å². The van der Waals surface area contributed by atoms with Gasteiger partial charge in [-0.05, 0) is 28.1 Å². The zero-order valence-corrected chi connectivity index (χ0v) is 7.86. The Bertz CT molecular complexity index is 299. The topological polar surface area (TPSA) is 34.5 Å². The monoisotopic (exact) mass is 226 g/mol. The number of aromatic nitrogens is 1. The van der Waals surface area contributed by atoms with Crippen LogP contribution >= 0.6 is 15.9 Å². The van der Waals surface area contributed by atoms with Gasteiger partial charge in [0.2, 0.25) is 0 Å². The fraction of sp³-hybridized carbons (Fsp3) is 0.250. The van der Waals surface area contributed by atoms with E-state index in [1.54, 1.807) is 6.20 Å². The highest BCUT2D eigenvalue weighted by Crippen LogP contribution is 2.26. The molecule has 2 rings (SSSR count). The first kappa shape index (κ1) is 7.73. The van der Waals surface area contributed by atoms with Crippen molar-refractivity contribution in [1.82, 2.24) is 4.98 Å². The summed E-state index contributed by atoms with van der Waals surface area (Å²) in [7, 11) is 0. The molecule has 1 atom stereocenters. The van der Waals surface area contributed by atoms with E-state index in [1.807, 2.05) is 18.2 Å². The van der Waals surface area contributed by atoms with Crippen molar-refractivity contribution < 1.29 is 4.84 Å². The highest BCUT2D eigenvalue weighted by Gasteiger charge is 2.21. The molecule has 1 aliphatic heterocycles. The first-order valence-corrected chi connectivity index (χ1v) is 4.44. The summed E-state index contributed by atoms with van der Waals surface area (Å²) in [5.74, 6) is 0. The summed E-state index contributed by atoms with van der Waals surface area (Å²) >= 11 is 3.27. The normalized spacial score (nSPS) is 21.8. The molecule has 0 aromatic carbocycles. The minimum absolute atomic E-state index is 0.0134. The van der Waals surface area contributed by atoms with Gasteiger partial charge in [-0.15, -0.1) is 0 Å². The van der Waals surface area contributed by atoms with Crippen LogP contribution in [0.1, 0.15) is 18.2 Å².